The lowest BCUT2D eigenvalue weighted by Gasteiger charge is -2.42. The first-order valence-electron chi connectivity index (χ1n) is 18.0. The molecule has 3 amide bonds. The third kappa shape index (κ3) is 9.38. The van der Waals surface area contributed by atoms with Gasteiger partial charge in [0.25, 0.3) is 5.91 Å². The van der Waals surface area contributed by atoms with E-state index < -0.39 is 65.5 Å². The number of ketones is 1. The van der Waals surface area contributed by atoms with E-state index in [0.29, 0.717) is 29.0 Å². The molecule has 55 heavy (non-hydrogen) atoms. The lowest BCUT2D eigenvalue weighted by atomic mass is 9.83. The van der Waals surface area contributed by atoms with E-state index in [9.17, 15) is 29.1 Å². The molecule has 0 spiro atoms. The molecule has 14 nitrogen and oxygen atoms in total. The minimum absolute atomic E-state index is 0.0607. The number of hydrogen-bond acceptors (Lipinski definition) is 11. The number of Topliss-reactive ketones (excluding diaryl/α,β-unsaturated/α-hetero) is 1. The van der Waals surface area contributed by atoms with Gasteiger partial charge in [-0.05, 0) is 57.0 Å². The predicted octanol–water partition coefficient (Wildman–Crippen LogP) is 4.69. The predicted molar refractivity (Wildman–Crippen MR) is 202 cm³/mol. The van der Waals surface area contributed by atoms with Crippen LogP contribution in [-0.4, -0.2) is 98.3 Å². The van der Waals surface area contributed by atoms with Crippen LogP contribution in [0.25, 0.3) is 0 Å². The van der Waals surface area contributed by atoms with Crippen LogP contribution < -0.4 is 20.3 Å². The third-order valence-electron chi connectivity index (χ3n) is 10.4. The topological polar surface area (TPSA) is 182 Å². The second kappa shape index (κ2) is 16.9. The fourth-order valence-corrected chi connectivity index (χ4v) is 7.37. The van der Waals surface area contributed by atoms with E-state index in [0.717, 1.165) is 11.1 Å². The summed E-state index contributed by atoms with van der Waals surface area (Å²) in [4.78, 5) is 65.9. The number of halogens is 1. The molecular weight excluding hydrogens is 734 g/mol. The molecule has 3 heterocycles. The summed E-state index contributed by atoms with van der Waals surface area (Å²) in [5.41, 5.74) is -0.177. The lowest BCUT2D eigenvalue weighted by Crippen LogP contribution is -2.63. The Bertz CT molecular complexity index is 1880. The Hall–Kier alpha value is -4.76. The summed E-state index contributed by atoms with van der Waals surface area (Å²) in [6.45, 7) is 6.76. The van der Waals surface area contributed by atoms with Gasteiger partial charge >= 0.3 is 12.1 Å². The number of amides is 3. The van der Waals surface area contributed by atoms with E-state index in [2.05, 4.69) is 10.6 Å². The van der Waals surface area contributed by atoms with Gasteiger partial charge in [-0.2, -0.15) is 0 Å². The number of carbonyl (C=O) groups excluding carboxylic acids is 5. The summed E-state index contributed by atoms with van der Waals surface area (Å²) in [7, 11) is 4.47. The Morgan fingerprint density at radius 2 is 1.82 bits per heavy atom. The minimum Gasteiger partial charge on any atom is -0.495 e. The number of fused-ring (bicyclic) bond motifs is 5. The van der Waals surface area contributed by atoms with Crippen molar-refractivity contribution >= 4 is 46.9 Å². The Morgan fingerprint density at radius 3 is 2.47 bits per heavy atom. The number of nitrogens with zero attached hydrogens (tertiary/aromatic N) is 1. The van der Waals surface area contributed by atoms with Crippen molar-refractivity contribution in [2.24, 2.45) is 5.92 Å². The maximum absolute atomic E-state index is 14.1. The third-order valence-corrected chi connectivity index (χ3v) is 10.8. The molecule has 4 bridgehead atoms. The van der Waals surface area contributed by atoms with Crippen LogP contribution in [0.4, 0.5) is 10.5 Å². The number of epoxide rings is 1. The summed E-state index contributed by atoms with van der Waals surface area (Å²) < 4.78 is 29.0. The second-order valence-electron chi connectivity index (χ2n) is 14.4. The number of aliphatic hydroxyl groups is 1. The first-order valence-corrected chi connectivity index (χ1v) is 18.3. The smallest absolute Gasteiger partial charge is 0.409 e. The molecule has 0 saturated carbocycles. The van der Waals surface area contributed by atoms with Gasteiger partial charge in [-0.3, -0.25) is 24.5 Å². The standard InChI is InChI=1S/C40H48ClN3O11/c1-22-9-8-10-31(52-7)40(50)21-30(53-38(49)43-40)23(2)36-39(4,55-36)32(20-33(46)44(5)28-18-25(17-22)19-29(51-6)35(28)41)54-34(47)15-16-42-37(48)27-13-11-26(12-14-27)24(3)45/h8-14,18-19,23,30-32,36,50H,15-17,20-21H2,1-7H3,(H,42,48)(H,43,49)/b10-8+,22-9+/t23-,30+,31-,32+,36+,39+,40+/m1/s1. The van der Waals surface area contributed by atoms with E-state index in [1.165, 1.54) is 38.2 Å². The molecule has 296 valence electrons. The lowest BCUT2D eigenvalue weighted by molar-refractivity contribution is -0.153. The van der Waals surface area contributed by atoms with Gasteiger partial charge in [0, 0.05) is 44.2 Å². The number of anilines is 1. The highest BCUT2D eigenvalue weighted by Gasteiger charge is 2.64. The van der Waals surface area contributed by atoms with Gasteiger partial charge < -0.3 is 39.0 Å². The highest BCUT2D eigenvalue weighted by molar-refractivity contribution is 6.35. The number of benzene rings is 2. The van der Waals surface area contributed by atoms with Crippen molar-refractivity contribution < 1.29 is 52.8 Å². The van der Waals surface area contributed by atoms with Crippen LogP contribution in [0.3, 0.4) is 0 Å². The number of methoxy groups -OCH3 is 2. The average Bonchev–Trinajstić information content (AvgIpc) is 3.84. The van der Waals surface area contributed by atoms with E-state index in [1.807, 2.05) is 13.0 Å². The van der Waals surface area contributed by atoms with Gasteiger partial charge in [0.05, 0.1) is 31.7 Å². The Labute approximate surface area is 325 Å². The van der Waals surface area contributed by atoms with Crippen LogP contribution >= 0.6 is 11.6 Å². The van der Waals surface area contributed by atoms with Crippen molar-refractivity contribution in [2.45, 2.75) is 89.1 Å². The van der Waals surface area contributed by atoms with Gasteiger partial charge in [0.1, 0.15) is 34.7 Å². The van der Waals surface area contributed by atoms with Crippen molar-refractivity contribution in [1.29, 1.82) is 0 Å². The molecule has 0 radical (unpaired) electrons. The van der Waals surface area contributed by atoms with Crippen molar-refractivity contribution in [3.8, 4) is 5.75 Å². The number of alkyl carbamates (subject to hydrolysis) is 1. The average molecular weight is 782 g/mol. The number of allylic oxidation sites excluding steroid dienone is 3. The SMILES string of the molecule is COc1cc2cc(c1Cl)N(C)C(=O)C[C@H](OC(=O)CCNC(=O)c1ccc(C(C)=O)cc1)[C@]1(C)O[C@H]1[C@H](C)[C@@H]1C[C@@](O)(NC(=O)O1)[C@H](OC)/C=C/C=C(\C)C2. The molecule has 2 saturated heterocycles. The monoisotopic (exact) mass is 781 g/mol. The maximum Gasteiger partial charge on any atom is 0.409 e. The molecule has 2 aromatic rings. The van der Waals surface area contributed by atoms with E-state index >= 15 is 0 Å². The summed E-state index contributed by atoms with van der Waals surface area (Å²) in [6, 6.07) is 9.69. The number of nitrogens with one attached hydrogen (secondary N) is 2. The molecule has 5 rings (SSSR count). The molecule has 3 N–H and O–H groups in total. The van der Waals surface area contributed by atoms with Crippen molar-refractivity contribution in [3.63, 3.8) is 0 Å². The zero-order valence-electron chi connectivity index (χ0n) is 32.0. The van der Waals surface area contributed by atoms with E-state index in [4.69, 9.17) is 35.3 Å². The first-order chi connectivity index (χ1) is 26.0. The highest BCUT2D eigenvalue weighted by atomic mass is 35.5. The molecule has 0 aliphatic carbocycles. The number of esters is 1. The molecule has 0 aromatic heterocycles. The van der Waals surface area contributed by atoms with Crippen molar-refractivity contribution in [2.75, 3.05) is 32.7 Å². The fraction of sp³-hybridized carbons (Fsp3) is 0.475. The van der Waals surface area contributed by atoms with Gasteiger partial charge in [-0.1, -0.05) is 54.5 Å². The molecule has 3 aliphatic heterocycles. The quantitative estimate of drug-likeness (QED) is 0.192. The Balaban J connectivity index is 1.43. The largest absolute Gasteiger partial charge is 0.495 e. The maximum atomic E-state index is 14.1. The molecule has 15 heteroatoms. The molecule has 2 fully saturated rings. The van der Waals surface area contributed by atoms with Crippen molar-refractivity contribution in [1.82, 2.24) is 10.6 Å². The molecule has 7 atom stereocenters. The molecule has 2 aromatic carbocycles. The number of hydrogen-bond donors (Lipinski definition) is 3. The van der Waals surface area contributed by atoms with Gasteiger partial charge in [0.2, 0.25) is 5.91 Å². The highest BCUT2D eigenvalue weighted by Crippen LogP contribution is 2.49. The van der Waals surface area contributed by atoms with Gasteiger partial charge in [-0.15, -0.1) is 0 Å². The number of carbonyl (C=O) groups is 5. The number of rotatable bonds is 8. The van der Waals surface area contributed by atoms with E-state index in [1.54, 1.807) is 57.3 Å². The van der Waals surface area contributed by atoms with E-state index in [-0.39, 0.29) is 36.6 Å². The van der Waals surface area contributed by atoms with Crippen LogP contribution in [0.2, 0.25) is 5.02 Å². The second-order valence-corrected chi connectivity index (χ2v) is 14.8. The number of ether oxygens (including phenoxy) is 5. The Kier molecular flexibility index (Phi) is 12.8. The van der Waals surface area contributed by atoms with Crippen molar-refractivity contribution in [3.05, 3.63) is 81.9 Å². The van der Waals surface area contributed by atoms with Crippen LogP contribution in [-0.2, 0) is 35.0 Å². The molecule has 3 aliphatic rings. The summed E-state index contributed by atoms with van der Waals surface area (Å²) in [6.07, 6.45) is 0.639. The minimum atomic E-state index is -1.83. The summed E-state index contributed by atoms with van der Waals surface area (Å²) in [5.74, 6) is -1.89. The van der Waals surface area contributed by atoms with Gasteiger partial charge in [0.15, 0.2) is 11.5 Å². The first kappa shape index (κ1) is 41.4. The van der Waals surface area contributed by atoms with Crippen LogP contribution in [0.15, 0.2) is 60.2 Å². The Morgan fingerprint density at radius 1 is 1.13 bits per heavy atom. The zero-order chi connectivity index (χ0) is 40.2. The van der Waals surface area contributed by atoms with Crippen LogP contribution in [0, 0.1) is 5.92 Å². The van der Waals surface area contributed by atoms with Gasteiger partial charge in [-0.25, -0.2) is 4.79 Å². The molecule has 0 unspecified atom stereocenters. The summed E-state index contributed by atoms with van der Waals surface area (Å²) in [5, 5.41) is 17.1. The fourth-order valence-electron chi connectivity index (χ4n) is 7.06. The van der Waals surface area contributed by atoms with Crippen LogP contribution in [0.1, 0.15) is 73.2 Å². The molecular formula is C40H48ClN3O11. The summed E-state index contributed by atoms with van der Waals surface area (Å²) >= 11 is 6.74. The zero-order valence-corrected chi connectivity index (χ0v) is 32.7. The normalized spacial score (nSPS) is 29.7. The van der Waals surface area contributed by atoms with Crippen LogP contribution in [0.5, 0.6) is 5.75 Å².